The number of hydrogen-bond donors (Lipinski definition) is 0. The largest absolute Gasteiger partial charge is 0.487 e. The third-order valence-electron chi connectivity index (χ3n) is 4.18. The number of hydrogen-bond acceptors (Lipinski definition) is 5. The molecule has 0 aliphatic carbocycles. The quantitative estimate of drug-likeness (QED) is 0.416. The van der Waals surface area contributed by atoms with E-state index < -0.39 is 0 Å². The zero-order chi connectivity index (χ0) is 21.0. The molecule has 1 aliphatic heterocycles. The predicted molar refractivity (Wildman–Crippen MR) is 122 cm³/mol. The monoisotopic (exact) mass is 539 g/mol. The summed E-state index contributed by atoms with van der Waals surface area (Å²) in [5.41, 5.74) is 3.04. The standard InChI is InChI=1S/C21H19Br2NO4S/c1-13-4-3-5-14(8-13)12-28-19-16(22)9-15(10-17(19)23)11-18-20(25)24(6-7-27-2)21(26)29-18/h3-5,8-11H,6-7,12H2,1-2H3/b18-11+. The van der Waals surface area contributed by atoms with E-state index in [-0.39, 0.29) is 17.7 Å². The fourth-order valence-electron chi connectivity index (χ4n) is 2.78. The van der Waals surface area contributed by atoms with E-state index in [0.29, 0.717) is 23.9 Å². The van der Waals surface area contributed by atoms with Crippen LogP contribution in [0, 0.1) is 6.92 Å². The van der Waals surface area contributed by atoms with Crippen molar-refractivity contribution in [3.63, 3.8) is 0 Å². The summed E-state index contributed by atoms with van der Waals surface area (Å²) < 4.78 is 12.4. The van der Waals surface area contributed by atoms with E-state index in [9.17, 15) is 9.59 Å². The molecular weight excluding hydrogens is 522 g/mol. The van der Waals surface area contributed by atoms with Gasteiger partial charge < -0.3 is 9.47 Å². The highest BCUT2D eigenvalue weighted by Crippen LogP contribution is 2.38. The molecule has 0 radical (unpaired) electrons. The Bertz CT molecular complexity index is 954. The van der Waals surface area contributed by atoms with E-state index in [2.05, 4.69) is 37.9 Å². The van der Waals surface area contributed by atoms with Gasteiger partial charge in [0.05, 0.1) is 27.0 Å². The van der Waals surface area contributed by atoms with Crippen molar-refractivity contribution >= 4 is 60.8 Å². The Morgan fingerprint density at radius 2 is 1.86 bits per heavy atom. The highest BCUT2D eigenvalue weighted by molar-refractivity contribution is 9.11. The molecule has 0 spiro atoms. The van der Waals surface area contributed by atoms with Gasteiger partial charge in [-0.05, 0) is 79.9 Å². The minimum Gasteiger partial charge on any atom is -0.487 e. The van der Waals surface area contributed by atoms with Crippen LogP contribution in [0.2, 0.25) is 0 Å². The third-order valence-corrected chi connectivity index (χ3v) is 6.26. The number of imide groups is 1. The lowest BCUT2D eigenvalue weighted by molar-refractivity contribution is -0.123. The fraction of sp³-hybridized carbons (Fsp3) is 0.238. The number of amides is 2. The highest BCUT2D eigenvalue weighted by Gasteiger charge is 2.34. The first-order chi connectivity index (χ1) is 13.9. The molecule has 1 fully saturated rings. The van der Waals surface area contributed by atoms with Gasteiger partial charge in [-0.3, -0.25) is 14.5 Å². The SMILES string of the molecule is COCCN1C(=O)S/C(=C/c2cc(Br)c(OCc3cccc(C)c3)c(Br)c2)C1=O. The van der Waals surface area contributed by atoms with Crippen molar-refractivity contribution in [2.75, 3.05) is 20.3 Å². The molecule has 0 bridgehead atoms. The molecule has 3 rings (SSSR count). The average Bonchev–Trinajstić information content (AvgIpc) is 2.92. The molecule has 2 aromatic carbocycles. The van der Waals surface area contributed by atoms with Gasteiger partial charge in [0.1, 0.15) is 12.4 Å². The lowest BCUT2D eigenvalue weighted by Gasteiger charge is -2.12. The lowest BCUT2D eigenvalue weighted by atomic mass is 10.1. The maximum atomic E-state index is 12.5. The Balaban J connectivity index is 1.76. The van der Waals surface area contributed by atoms with Gasteiger partial charge in [-0.1, -0.05) is 29.8 Å². The van der Waals surface area contributed by atoms with Gasteiger partial charge in [0, 0.05) is 7.11 Å². The van der Waals surface area contributed by atoms with E-state index in [4.69, 9.17) is 9.47 Å². The molecule has 1 saturated heterocycles. The summed E-state index contributed by atoms with van der Waals surface area (Å²) in [4.78, 5) is 26.1. The van der Waals surface area contributed by atoms with E-state index in [1.54, 1.807) is 6.08 Å². The summed E-state index contributed by atoms with van der Waals surface area (Å²) >= 11 is 8.01. The van der Waals surface area contributed by atoms with Crippen LogP contribution in [0.4, 0.5) is 4.79 Å². The Morgan fingerprint density at radius 3 is 2.52 bits per heavy atom. The van der Waals surface area contributed by atoms with Gasteiger partial charge in [0.25, 0.3) is 11.1 Å². The fourth-order valence-corrected chi connectivity index (χ4v) is 5.10. The van der Waals surface area contributed by atoms with Crippen molar-refractivity contribution in [1.29, 1.82) is 0 Å². The van der Waals surface area contributed by atoms with Gasteiger partial charge in [0.2, 0.25) is 0 Å². The zero-order valence-electron chi connectivity index (χ0n) is 15.9. The van der Waals surface area contributed by atoms with Crippen LogP contribution in [-0.2, 0) is 16.1 Å². The maximum absolute atomic E-state index is 12.5. The molecule has 8 heteroatoms. The van der Waals surface area contributed by atoms with Crippen molar-refractivity contribution in [2.45, 2.75) is 13.5 Å². The molecule has 0 aromatic heterocycles. The van der Waals surface area contributed by atoms with Crippen LogP contribution in [0.3, 0.4) is 0 Å². The number of thioether (sulfide) groups is 1. The maximum Gasteiger partial charge on any atom is 0.293 e. The Labute approximate surface area is 190 Å². The molecule has 0 N–H and O–H groups in total. The van der Waals surface area contributed by atoms with Gasteiger partial charge in [-0.2, -0.15) is 0 Å². The van der Waals surface area contributed by atoms with Crippen LogP contribution >= 0.6 is 43.6 Å². The first kappa shape index (κ1) is 22.1. The predicted octanol–water partition coefficient (Wildman–Crippen LogP) is 5.78. The van der Waals surface area contributed by atoms with Crippen LogP contribution in [0.25, 0.3) is 6.08 Å². The van der Waals surface area contributed by atoms with Crippen LogP contribution in [0.15, 0.2) is 50.2 Å². The van der Waals surface area contributed by atoms with Gasteiger partial charge >= 0.3 is 0 Å². The molecule has 0 unspecified atom stereocenters. The molecule has 0 saturated carbocycles. The number of carbonyl (C=O) groups excluding carboxylic acids is 2. The van der Waals surface area contributed by atoms with E-state index in [1.165, 1.54) is 17.6 Å². The molecule has 5 nitrogen and oxygen atoms in total. The molecule has 0 atom stereocenters. The summed E-state index contributed by atoms with van der Waals surface area (Å²) in [5.74, 6) is 0.376. The number of aryl methyl sites for hydroxylation is 1. The van der Waals surface area contributed by atoms with E-state index in [0.717, 1.165) is 31.8 Å². The van der Waals surface area contributed by atoms with Crippen LogP contribution in [-0.4, -0.2) is 36.3 Å². The molecule has 1 heterocycles. The van der Waals surface area contributed by atoms with Crippen LogP contribution in [0.5, 0.6) is 5.75 Å². The second-order valence-corrected chi connectivity index (χ2v) is 9.12. The number of ether oxygens (including phenoxy) is 2. The average molecular weight is 541 g/mol. The van der Waals surface area contributed by atoms with Crippen molar-refractivity contribution in [3.05, 3.63) is 66.9 Å². The zero-order valence-corrected chi connectivity index (χ0v) is 19.9. The first-order valence-electron chi connectivity index (χ1n) is 8.80. The molecule has 2 amide bonds. The summed E-state index contributed by atoms with van der Waals surface area (Å²) in [5, 5.41) is -0.283. The lowest BCUT2D eigenvalue weighted by Crippen LogP contribution is -2.31. The first-order valence-corrected chi connectivity index (χ1v) is 11.2. The number of carbonyl (C=O) groups is 2. The number of methoxy groups -OCH3 is 1. The van der Waals surface area contributed by atoms with Crippen LogP contribution < -0.4 is 4.74 Å². The molecular formula is C21H19Br2NO4S. The third kappa shape index (κ3) is 5.51. The van der Waals surface area contributed by atoms with Crippen molar-refractivity contribution in [2.24, 2.45) is 0 Å². The van der Waals surface area contributed by atoms with E-state index in [1.807, 2.05) is 37.3 Å². The van der Waals surface area contributed by atoms with Crippen LogP contribution in [0.1, 0.15) is 16.7 Å². The van der Waals surface area contributed by atoms with Crippen molar-refractivity contribution in [3.8, 4) is 5.75 Å². The minimum atomic E-state index is -0.302. The highest BCUT2D eigenvalue weighted by atomic mass is 79.9. The number of rotatable bonds is 7. The minimum absolute atomic E-state index is 0.248. The second kappa shape index (κ2) is 9.93. The molecule has 29 heavy (non-hydrogen) atoms. The molecule has 1 aliphatic rings. The van der Waals surface area contributed by atoms with Gasteiger partial charge in [-0.25, -0.2) is 0 Å². The molecule has 152 valence electrons. The van der Waals surface area contributed by atoms with E-state index >= 15 is 0 Å². The van der Waals surface area contributed by atoms with Gasteiger partial charge in [0.15, 0.2) is 0 Å². The summed E-state index contributed by atoms with van der Waals surface area (Å²) in [6.45, 7) is 3.05. The molecule has 2 aromatic rings. The second-order valence-electron chi connectivity index (χ2n) is 6.42. The topological polar surface area (TPSA) is 55.8 Å². The number of nitrogens with zero attached hydrogens (tertiary/aromatic N) is 1. The number of benzene rings is 2. The summed E-state index contributed by atoms with van der Waals surface area (Å²) in [7, 11) is 1.53. The summed E-state index contributed by atoms with van der Waals surface area (Å²) in [6.07, 6.45) is 1.71. The van der Waals surface area contributed by atoms with Gasteiger partial charge in [-0.15, -0.1) is 0 Å². The Kier molecular flexibility index (Phi) is 7.56. The summed E-state index contributed by atoms with van der Waals surface area (Å²) in [6, 6.07) is 11.9. The van der Waals surface area contributed by atoms with Crippen molar-refractivity contribution in [1.82, 2.24) is 4.90 Å². The Hall–Kier alpha value is -1.61. The Morgan fingerprint density at radius 1 is 1.14 bits per heavy atom. The van der Waals surface area contributed by atoms with Crippen molar-refractivity contribution < 1.29 is 19.1 Å². The number of halogens is 2. The smallest absolute Gasteiger partial charge is 0.293 e. The normalized spacial score (nSPS) is 15.4.